The zero-order chi connectivity index (χ0) is 34.3. The molecule has 0 bridgehead atoms. The minimum Gasteiger partial charge on any atom is -0.466 e. The Balaban J connectivity index is 1.41. The van der Waals surface area contributed by atoms with Crippen LogP contribution in [0.4, 0.5) is 0 Å². The normalized spacial score (nSPS) is 44.3. The Bertz CT molecular complexity index is 1150. The highest BCUT2D eigenvalue weighted by molar-refractivity contribution is 5.73. The zero-order valence-corrected chi connectivity index (χ0v) is 29.4. The van der Waals surface area contributed by atoms with Gasteiger partial charge in [-0.05, 0) is 97.7 Å². The van der Waals surface area contributed by atoms with Gasteiger partial charge >= 0.3 is 5.97 Å². The monoisotopic (exact) mass is 663 g/mol. The molecule has 4 aliphatic carbocycles. The van der Waals surface area contributed by atoms with E-state index < -0.39 is 37.3 Å². The van der Waals surface area contributed by atoms with Crippen molar-refractivity contribution in [3.63, 3.8) is 0 Å². The summed E-state index contributed by atoms with van der Waals surface area (Å²) < 4.78 is 18.3. The van der Waals surface area contributed by atoms with Crippen LogP contribution in [0.5, 0.6) is 0 Å². The lowest BCUT2D eigenvalue weighted by molar-refractivity contribution is -0.289. The third kappa shape index (κ3) is 7.34. The maximum Gasteiger partial charge on any atom is 0.302 e. The SMILES string of the molecule is CC(=O)NC1[C@H](O[C@H]2CC([C@H](C)CCC[C@@H](C)COC(C)=O)[C@@]3(C)CCC4[C@@H](CC=C5C[C@H](O)CC[C@@]54C)C23)OC(CO)[C@@H](O)[C@@H]1O. The standard InChI is InChI=1S/C37H61NO9/c1-20(19-45-23(4)41)8-7-9-21(2)28-17-29(46-35-32(38-22(3)40)34(44)33(43)30(18-39)47-35)31-26-11-10-24-16-25(42)12-14-36(24,5)27(26)13-15-37(28,31)6/h10,20-21,25-35,39,42-44H,7-9,11-19H2,1-6H3,(H,38,40)/t20-,21-,25-,26-,27?,28?,29+,30?,31?,32?,33-,34-,35-,36+,37-/m1/s1. The van der Waals surface area contributed by atoms with E-state index in [4.69, 9.17) is 14.2 Å². The Hall–Kier alpha value is -1.56. The van der Waals surface area contributed by atoms with E-state index in [0.29, 0.717) is 36.2 Å². The van der Waals surface area contributed by atoms with Gasteiger partial charge in [-0.1, -0.05) is 52.2 Å². The van der Waals surface area contributed by atoms with Gasteiger partial charge in [0.25, 0.3) is 0 Å². The quantitative estimate of drug-likeness (QED) is 0.164. The first kappa shape index (κ1) is 36.7. The first-order chi connectivity index (χ1) is 22.2. The van der Waals surface area contributed by atoms with Gasteiger partial charge in [-0.15, -0.1) is 0 Å². The molecule has 0 aromatic heterocycles. The fourth-order valence-electron chi connectivity index (χ4n) is 10.8. The molecular weight excluding hydrogens is 602 g/mol. The van der Waals surface area contributed by atoms with Crippen LogP contribution < -0.4 is 5.32 Å². The van der Waals surface area contributed by atoms with Gasteiger partial charge in [-0.3, -0.25) is 9.59 Å². The summed E-state index contributed by atoms with van der Waals surface area (Å²) in [6.45, 7) is 12.1. The fraction of sp³-hybridized carbons (Fsp3) is 0.892. The van der Waals surface area contributed by atoms with E-state index in [1.807, 2.05) is 0 Å². The van der Waals surface area contributed by atoms with Crippen LogP contribution in [0.15, 0.2) is 11.6 Å². The van der Waals surface area contributed by atoms with Gasteiger partial charge in [0.2, 0.25) is 5.91 Å². The molecule has 4 fully saturated rings. The number of hydrogen-bond acceptors (Lipinski definition) is 9. The molecule has 5 unspecified atom stereocenters. The van der Waals surface area contributed by atoms with Crippen LogP contribution in [-0.2, 0) is 23.8 Å². The van der Waals surface area contributed by atoms with Crippen molar-refractivity contribution in [2.75, 3.05) is 13.2 Å². The predicted molar refractivity (Wildman–Crippen MR) is 176 cm³/mol. The van der Waals surface area contributed by atoms with E-state index in [2.05, 4.69) is 39.1 Å². The van der Waals surface area contributed by atoms with E-state index in [1.54, 1.807) is 0 Å². The van der Waals surface area contributed by atoms with Crippen molar-refractivity contribution in [1.82, 2.24) is 5.32 Å². The number of allylic oxidation sites excluding steroid dienone is 1. The second-order valence-electron chi connectivity index (χ2n) is 16.4. The molecule has 3 saturated carbocycles. The zero-order valence-electron chi connectivity index (χ0n) is 29.4. The predicted octanol–water partition coefficient (Wildman–Crippen LogP) is 3.87. The minimum absolute atomic E-state index is 0.0111. The third-order valence-corrected chi connectivity index (χ3v) is 13.3. The van der Waals surface area contributed by atoms with Crippen LogP contribution in [0, 0.1) is 46.3 Å². The van der Waals surface area contributed by atoms with E-state index in [1.165, 1.54) is 19.4 Å². The second kappa shape index (κ2) is 14.7. The lowest BCUT2D eigenvalue weighted by atomic mass is 9.46. The molecule has 5 rings (SSSR count). The van der Waals surface area contributed by atoms with Gasteiger partial charge in [0.1, 0.15) is 24.4 Å². The van der Waals surface area contributed by atoms with Gasteiger partial charge in [0, 0.05) is 13.8 Å². The molecule has 0 spiro atoms. The molecule has 1 heterocycles. The van der Waals surface area contributed by atoms with Gasteiger partial charge in [0.05, 0.1) is 25.4 Å². The fourth-order valence-corrected chi connectivity index (χ4v) is 10.8. The van der Waals surface area contributed by atoms with Crippen molar-refractivity contribution < 1.29 is 44.2 Å². The first-order valence-corrected chi connectivity index (χ1v) is 18.3. The smallest absolute Gasteiger partial charge is 0.302 e. The summed E-state index contributed by atoms with van der Waals surface area (Å²) in [5.41, 5.74) is 1.48. The van der Waals surface area contributed by atoms with Crippen LogP contribution in [0.3, 0.4) is 0 Å². The Morgan fingerprint density at radius 1 is 1.09 bits per heavy atom. The maximum absolute atomic E-state index is 12.2. The summed E-state index contributed by atoms with van der Waals surface area (Å²) in [6.07, 6.45) is 6.86. The molecule has 47 heavy (non-hydrogen) atoms. The lowest BCUT2D eigenvalue weighted by Crippen LogP contribution is -2.65. The van der Waals surface area contributed by atoms with Gasteiger partial charge in [0.15, 0.2) is 6.29 Å². The van der Waals surface area contributed by atoms with Crippen molar-refractivity contribution in [1.29, 1.82) is 0 Å². The highest BCUT2D eigenvalue weighted by Crippen LogP contribution is 2.68. The Kier molecular flexibility index (Phi) is 11.5. The van der Waals surface area contributed by atoms with E-state index in [-0.39, 0.29) is 40.8 Å². The van der Waals surface area contributed by atoms with E-state index in [0.717, 1.165) is 64.2 Å². The number of carbonyl (C=O) groups excluding carboxylic acids is 2. The number of aliphatic hydroxyl groups excluding tert-OH is 4. The summed E-state index contributed by atoms with van der Waals surface area (Å²) in [7, 11) is 0. The average Bonchev–Trinajstić information content (AvgIpc) is 3.31. The van der Waals surface area contributed by atoms with Crippen molar-refractivity contribution in [2.45, 2.75) is 149 Å². The number of hydrogen-bond donors (Lipinski definition) is 5. The summed E-state index contributed by atoms with van der Waals surface area (Å²) >= 11 is 0. The van der Waals surface area contributed by atoms with E-state index >= 15 is 0 Å². The molecule has 1 amide bonds. The highest BCUT2D eigenvalue weighted by atomic mass is 16.7. The molecular formula is C37H61NO9. The summed E-state index contributed by atoms with van der Waals surface area (Å²) in [5.74, 6) is 1.60. The van der Waals surface area contributed by atoms with Crippen LogP contribution >= 0.6 is 0 Å². The number of ether oxygens (including phenoxy) is 3. The van der Waals surface area contributed by atoms with Crippen molar-refractivity contribution in [3.8, 4) is 0 Å². The van der Waals surface area contributed by atoms with E-state index in [9.17, 15) is 30.0 Å². The number of aliphatic hydroxyl groups is 4. The van der Waals surface area contributed by atoms with Crippen LogP contribution in [0.25, 0.3) is 0 Å². The Morgan fingerprint density at radius 3 is 2.51 bits per heavy atom. The molecule has 5 N–H and O–H groups in total. The van der Waals surface area contributed by atoms with Crippen molar-refractivity contribution in [2.24, 2.45) is 46.3 Å². The molecule has 0 radical (unpaired) electrons. The molecule has 1 aliphatic heterocycles. The van der Waals surface area contributed by atoms with Gasteiger partial charge in [-0.25, -0.2) is 0 Å². The summed E-state index contributed by atoms with van der Waals surface area (Å²) in [4.78, 5) is 23.5. The topological polar surface area (TPSA) is 155 Å². The molecule has 0 aromatic rings. The second-order valence-corrected chi connectivity index (χ2v) is 16.4. The maximum atomic E-state index is 12.2. The Morgan fingerprint density at radius 2 is 1.83 bits per heavy atom. The number of carbonyl (C=O) groups is 2. The molecule has 5 aliphatic rings. The van der Waals surface area contributed by atoms with Gasteiger partial charge < -0.3 is 40.0 Å². The minimum atomic E-state index is -1.36. The van der Waals surface area contributed by atoms with Crippen molar-refractivity contribution in [3.05, 3.63) is 11.6 Å². The number of esters is 1. The summed E-state index contributed by atoms with van der Waals surface area (Å²) in [6, 6.07) is -0.971. The summed E-state index contributed by atoms with van der Waals surface area (Å²) in [5, 5.41) is 44.9. The number of rotatable bonds is 11. The van der Waals surface area contributed by atoms with Crippen molar-refractivity contribution >= 4 is 11.9 Å². The lowest BCUT2D eigenvalue weighted by Gasteiger charge is -2.59. The molecule has 15 atom stereocenters. The number of amides is 1. The third-order valence-electron chi connectivity index (χ3n) is 13.3. The average molecular weight is 664 g/mol. The van der Waals surface area contributed by atoms with Gasteiger partial charge in [-0.2, -0.15) is 0 Å². The molecule has 268 valence electrons. The molecule has 10 nitrogen and oxygen atoms in total. The number of fused-ring (bicyclic) bond motifs is 5. The van der Waals surface area contributed by atoms with Crippen LogP contribution in [0.1, 0.15) is 106 Å². The molecule has 0 aromatic carbocycles. The Labute approximate surface area is 281 Å². The largest absolute Gasteiger partial charge is 0.466 e. The first-order valence-electron chi connectivity index (χ1n) is 18.3. The van der Waals surface area contributed by atoms with Crippen LogP contribution in [0.2, 0.25) is 0 Å². The van der Waals surface area contributed by atoms with Crippen LogP contribution in [-0.4, -0.2) is 88.4 Å². The highest BCUT2D eigenvalue weighted by Gasteiger charge is 2.63. The number of nitrogens with one attached hydrogen (secondary N) is 1. The molecule has 1 saturated heterocycles. The molecule has 10 heteroatoms.